The van der Waals surface area contributed by atoms with E-state index < -0.39 is 29.7 Å². The molecule has 0 unspecified atom stereocenters. The highest BCUT2D eigenvalue weighted by molar-refractivity contribution is 9.10. The van der Waals surface area contributed by atoms with Crippen LogP contribution in [0.2, 0.25) is 0 Å². The molecule has 0 aliphatic heterocycles. The molecule has 0 aliphatic carbocycles. The summed E-state index contributed by atoms with van der Waals surface area (Å²) in [5.74, 6) is -2.80. The Hall–Kier alpha value is -1.70. The number of carboxylic acids is 1. The van der Waals surface area contributed by atoms with Gasteiger partial charge in [-0.2, -0.15) is 0 Å². The largest absolute Gasteiger partial charge is 0.480 e. The summed E-state index contributed by atoms with van der Waals surface area (Å²) >= 11 is 2.80. The molecule has 0 spiro atoms. The molecule has 2 amide bonds. The van der Waals surface area contributed by atoms with Gasteiger partial charge in [0.05, 0.1) is 10.2 Å². The van der Waals surface area contributed by atoms with E-state index in [0.29, 0.717) is 0 Å². The predicted octanol–water partition coefficient (Wildman–Crippen LogP) is 2.71. The van der Waals surface area contributed by atoms with Gasteiger partial charge in [0.2, 0.25) is 0 Å². The number of carbonyl (C=O) groups excluding carboxylic acids is 1. The molecule has 1 atom stereocenters. The lowest BCUT2D eigenvalue weighted by molar-refractivity contribution is -0.139. The Morgan fingerprint density at radius 1 is 1.37 bits per heavy atom. The standard InChI is InChI=1S/C11H11BrF2N2O3/c1-2-8(10(17)18)15-11(19)16-9-4-6(13)5(12)3-7(9)14/h3-4,8H,2H2,1H3,(H,17,18)(H2,15,16,19)/t8-/m1/s1. The van der Waals surface area contributed by atoms with Crippen molar-refractivity contribution < 1.29 is 23.5 Å². The third-order valence-corrected chi connectivity index (χ3v) is 2.88. The zero-order chi connectivity index (χ0) is 14.6. The Labute approximate surface area is 116 Å². The van der Waals surface area contributed by atoms with Crippen molar-refractivity contribution in [3.8, 4) is 0 Å². The van der Waals surface area contributed by atoms with Crippen molar-refractivity contribution in [3.63, 3.8) is 0 Å². The summed E-state index contributed by atoms with van der Waals surface area (Å²) in [7, 11) is 0. The zero-order valence-electron chi connectivity index (χ0n) is 9.84. The number of urea groups is 1. The van der Waals surface area contributed by atoms with Crippen LogP contribution in [0.1, 0.15) is 13.3 Å². The van der Waals surface area contributed by atoms with Gasteiger partial charge in [0.15, 0.2) is 0 Å². The Morgan fingerprint density at radius 3 is 2.53 bits per heavy atom. The average molecular weight is 337 g/mol. The maximum Gasteiger partial charge on any atom is 0.326 e. The van der Waals surface area contributed by atoms with Gasteiger partial charge in [0.1, 0.15) is 17.7 Å². The van der Waals surface area contributed by atoms with Crippen molar-refractivity contribution >= 4 is 33.6 Å². The molecule has 0 heterocycles. The Morgan fingerprint density at radius 2 is 2.00 bits per heavy atom. The molecule has 0 aliphatic rings. The minimum Gasteiger partial charge on any atom is -0.480 e. The van der Waals surface area contributed by atoms with E-state index in [1.807, 2.05) is 5.32 Å². The lowest BCUT2D eigenvalue weighted by atomic mass is 10.2. The first kappa shape index (κ1) is 15.4. The molecule has 19 heavy (non-hydrogen) atoms. The summed E-state index contributed by atoms with van der Waals surface area (Å²) in [6.45, 7) is 1.57. The summed E-state index contributed by atoms with van der Waals surface area (Å²) in [5, 5.41) is 12.9. The van der Waals surface area contributed by atoms with Crippen LogP contribution < -0.4 is 10.6 Å². The van der Waals surface area contributed by atoms with E-state index in [0.717, 1.165) is 12.1 Å². The summed E-state index contributed by atoms with van der Waals surface area (Å²) in [6.07, 6.45) is 0.167. The first-order chi connectivity index (χ1) is 8.85. The smallest absolute Gasteiger partial charge is 0.326 e. The van der Waals surface area contributed by atoms with Crippen LogP contribution in [0.15, 0.2) is 16.6 Å². The number of carboxylic acid groups (broad SMARTS) is 1. The van der Waals surface area contributed by atoms with Crippen LogP contribution in [-0.2, 0) is 4.79 Å². The number of rotatable bonds is 4. The maximum atomic E-state index is 13.4. The molecule has 0 saturated carbocycles. The monoisotopic (exact) mass is 336 g/mol. The normalized spacial score (nSPS) is 11.8. The van der Waals surface area contributed by atoms with Gasteiger partial charge < -0.3 is 15.7 Å². The fourth-order valence-corrected chi connectivity index (χ4v) is 1.59. The number of benzene rings is 1. The summed E-state index contributed by atoms with van der Waals surface area (Å²) in [4.78, 5) is 22.1. The van der Waals surface area contributed by atoms with Gasteiger partial charge in [-0.05, 0) is 28.4 Å². The van der Waals surface area contributed by atoms with Crippen LogP contribution in [0.25, 0.3) is 0 Å². The van der Waals surface area contributed by atoms with Gasteiger partial charge >= 0.3 is 12.0 Å². The van der Waals surface area contributed by atoms with Gasteiger partial charge in [0, 0.05) is 6.07 Å². The molecular formula is C11H11BrF2N2O3. The minimum absolute atomic E-state index is 0.0760. The molecule has 0 radical (unpaired) electrons. The summed E-state index contributed by atoms with van der Waals surface area (Å²) in [5.41, 5.74) is -0.376. The van der Waals surface area contributed by atoms with Crippen LogP contribution >= 0.6 is 15.9 Å². The molecule has 0 bridgehead atoms. The molecule has 0 fully saturated rings. The maximum absolute atomic E-state index is 13.4. The lowest BCUT2D eigenvalue weighted by Gasteiger charge is -2.13. The van der Waals surface area contributed by atoms with Gasteiger partial charge in [-0.25, -0.2) is 18.4 Å². The SMILES string of the molecule is CC[C@@H](NC(=O)Nc1cc(F)c(Br)cc1F)C(=O)O. The Kier molecular flexibility index (Phi) is 5.22. The van der Waals surface area contributed by atoms with Crippen molar-refractivity contribution in [2.75, 3.05) is 5.32 Å². The number of halogens is 3. The van der Waals surface area contributed by atoms with Crippen LogP contribution in [0, 0.1) is 11.6 Å². The topological polar surface area (TPSA) is 78.4 Å². The van der Waals surface area contributed by atoms with Gasteiger partial charge in [-0.1, -0.05) is 6.92 Å². The van der Waals surface area contributed by atoms with Gasteiger partial charge in [0.25, 0.3) is 0 Å². The van der Waals surface area contributed by atoms with E-state index in [2.05, 4.69) is 21.2 Å². The second kappa shape index (κ2) is 6.46. The number of carbonyl (C=O) groups is 2. The van der Waals surface area contributed by atoms with Crippen LogP contribution in [0.3, 0.4) is 0 Å². The molecule has 1 rings (SSSR count). The van der Waals surface area contributed by atoms with Crippen molar-refractivity contribution in [1.29, 1.82) is 0 Å². The zero-order valence-corrected chi connectivity index (χ0v) is 11.4. The van der Waals surface area contributed by atoms with Crippen molar-refractivity contribution in [2.45, 2.75) is 19.4 Å². The van der Waals surface area contributed by atoms with Gasteiger partial charge in [-0.15, -0.1) is 0 Å². The second-order valence-corrected chi connectivity index (χ2v) is 4.50. The summed E-state index contributed by atoms with van der Waals surface area (Å²) in [6, 6.07) is -0.363. The van der Waals surface area contributed by atoms with E-state index in [1.165, 1.54) is 0 Å². The highest BCUT2D eigenvalue weighted by Gasteiger charge is 2.18. The first-order valence-corrected chi connectivity index (χ1v) is 6.09. The Balaban J connectivity index is 2.77. The highest BCUT2D eigenvalue weighted by atomic mass is 79.9. The minimum atomic E-state index is -1.21. The van der Waals surface area contributed by atoms with Crippen LogP contribution in [-0.4, -0.2) is 23.1 Å². The fraction of sp³-hybridized carbons (Fsp3) is 0.273. The van der Waals surface area contributed by atoms with Crippen LogP contribution in [0.5, 0.6) is 0 Å². The molecule has 104 valence electrons. The molecule has 5 nitrogen and oxygen atoms in total. The number of nitrogens with one attached hydrogen (secondary N) is 2. The van der Waals surface area contributed by atoms with E-state index in [4.69, 9.17) is 5.11 Å². The number of hydrogen-bond donors (Lipinski definition) is 3. The third kappa shape index (κ3) is 4.16. The van der Waals surface area contributed by atoms with E-state index >= 15 is 0 Å². The quantitative estimate of drug-likeness (QED) is 0.739. The number of hydrogen-bond acceptors (Lipinski definition) is 2. The molecule has 1 aromatic rings. The number of aliphatic carboxylic acids is 1. The van der Waals surface area contributed by atoms with Gasteiger partial charge in [-0.3, -0.25) is 0 Å². The average Bonchev–Trinajstić information content (AvgIpc) is 2.32. The van der Waals surface area contributed by atoms with Crippen molar-refractivity contribution in [1.82, 2.24) is 5.32 Å². The third-order valence-electron chi connectivity index (χ3n) is 2.27. The van der Waals surface area contributed by atoms with Crippen LogP contribution in [0.4, 0.5) is 19.3 Å². The molecular weight excluding hydrogens is 326 g/mol. The lowest BCUT2D eigenvalue weighted by Crippen LogP contribution is -2.42. The summed E-state index contributed by atoms with van der Waals surface area (Å²) < 4.78 is 26.5. The molecule has 0 saturated heterocycles. The first-order valence-electron chi connectivity index (χ1n) is 5.30. The number of amides is 2. The van der Waals surface area contributed by atoms with E-state index in [9.17, 15) is 18.4 Å². The van der Waals surface area contributed by atoms with E-state index in [-0.39, 0.29) is 16.6 Å². The predicted molar refractivity (Wildman–Crippen MR) is 67.9 cm³/mol. The molecule has 3 N–H and O–H groups in total. The molecule has 0 aromatic heterocycles. The Bertz CT molecular complexity index is 511. The van der Waals surface area contributed by atoms with Crippen molar-refractivity contribution in [3.05, 3.63) is 28.2 Å². The fourth-order valence-electron chi connectivity index (χ4n) is 1.27. The second-order valence-electron chi connectivity index (χ2n) is 3.64. The number of anilines is 1. The highest BCUT2D eigenvalue weighted by Crippen LogP contribution is 2.23. The van der Waals surface area contributed by atoms with E-state index in [1.54, 1.807) is 6.92 Å². The van der Waals surface area contributed by atoms with Crippen molar-refractivity contribution in [2.24, 2.45) is 0 Å². The molecule has 8 heteroatoms. The molecule has 1 aromatic carbocycles.